The number of aromatic nitrogens is 2. The van der Waals surface area contributed by atoms with Crippen molar-refractivity contribution in [2.45, 2.75) is 58.9 Å². The first kappa shape index (κ1) is 14.6. The van der Waals surface area contributed by atoms with Gasteiger partial charge < -0.3 is 10.3 Å². The fourth-order valence-corrected chi connectivity index (χ4v) is 3.53. The Balaban J connectivity index is 2.06. The lowest BCUT2D eigenvalue weighted by atomic mass is 9.82. The zero-order chi connectivity index (χ0) is 13.8. The van der Waals surface area contributed by atoms with Gasteiger partial charge in [-0.25, -0.2) is 4.98 Å². The summed E-state index contributed by atoms with van der Waals surface area (Å²) in [6, 6.07) is 0. The first-order valence-electron chi connectivity index (χ1n) is 7.81. The molecule has 3 heteroatoms. The van der Waals surface area contributed by atoms with Gasteiger partial charge in [0, 0.05) is 30.9 Å². The van der Waals surface area contributed by atoms with Crippen molar-refractivity contribution in [3.8, 4) is 0 Å². The normalized spacial score (nSPS) is 25.7. The van der Waals surface area contributed by atoms with Crippen LogP contribution < -0.4 is 5.73 Å². The minimum absolute atomic E-state index is 0.434. The molecule has 108 valence electrons. The molecule has 2 rings (SSSR count). The topological polar surface area (TPSA) is 43.8 Å². The summed E-state index contributed by atoms with van der Waals surface area (Å²) < 4.78 is 2.36. The molecule has 1 saturated carbocycles. The third-order valence-electron chi connectivity index (χ3n) is 4.68. The van der Waals surface area contributed by atoms with Crippen molar-refractivity contribution in [1.82, 2.24) is 9.55 Å². The zero-order valence-electron chi connectivity index (χ0n) is 12.7. The summed E-state index contributed by atoms with van der Waals surface area (Å²) in [5.41, 5.74) is 7.28. The van der Waals surface area contributed by atoms with E-state index in [1.807, 2.05) is 12.5 Å². The third kappa shape index (κ3) is 3.59. The van der Waals surface area contributed by atoms with E-state index in [1.54, 1.807) is 0 Å². The third-order valence-corrected chi connectivity index (χ3v) is 4.68. The number of nitrogens with two attached hydrogens (primary N) is 1. The Hall–Kier alpha value is -0.830. The molecule has 3 atom stereocenters. The van der Waals surface area contributed by atoms with Crippen molar-refractivity contribution in [3.05, 3.63) is 18.2 Å². The quantitative estimate of drug-likeness (QED) is 0.884. The predicted molar refractivity (Wildman–Crippen MR) is 80.0 cm³/mol. The van der Waals surface area contributed by atoms with Crippen molar-refractivity contribution < 1.29 is 0 Å². The maximum atomic E-state index is 5.95. The Labute approximate surface area is 117 Å². The molecule has 0 aliphatic heterocycles. The average Bonchev–Trinajstić information content (AvgIpc) is 2.78. The molecule has 1 aromatic heterocycles. The van der Waals surface area contributed by atoms with E-state index in [0.717, 1.165) is 18.4 Å². The largest absolute Gasteiger partial charge is 0.334 e. The van der Waals surface area contributed by atoms with Gasteiger partial charge in [0.25, 0.3) is 0 Å². The molecule has 1 aromatic rings. The van der Waals surface area contributed by atoms with E-state index in [0.29, 0.717) is 18.4 Å². The monoisotopic (exact) mass is 263 g/mol. The van der Waals surface area contributed by atoms with Gasteiger partial charge in [-0.15, -0.1) is 0 Å². The maximum absolute atomic E-state index is 5.95. The zero-order valence-corrected chi connectivity index (χ0v) is 12.7. The molecule has 1 aliphatic rings. The highest BCUT2D eigenvalue weighted by Crippen LogP contribution is 2.31. The molecular formula is C16H29N3. The van der Waals surface area contributed by atoms with E-state index in [2.05, 4.69) is 30.3 Å². The predicted octanol–water partition coefficient (Wildman–Crippen LogP) is 3.41. The van der Waals surface area contributed by atoms with E-state index < -0.39 is 0 Å². The van der Waals surface area contributed by atoms with Gasteiger partial charge in [0.2, 0.25) is 0 Å². The first-order chi connectivity index (χ1) is 9.11. The first-order valence-corrected chi connectivity index (χ1v) is 7.81. The smallest absolute Gasteiger partial charge is 0.0948 e. The molecule has 0 aromatic carbocycles. The molecule has 3 nitrogen and oxygen atoms in total. The van der Waals surface area contributed by atoms with E-state index in [9.17, 15) is 0 Å². The SMILES string of the molecule is CC1CCCC(Cn2cncc2C(CN)C(C)C)C1. The van der Waals surface area contributed by atoms with Gasteiger partial charge in [0.05, 0.1) is 6.33 Å². The molecule has 3 unspecified atom stereocenters. The molecule has 0 saturated heterocycles. The van der Waals surface area contributed by atoms with E-state index in [4.69, 9.17) is 5.73 Å². The molecule has 19 heavy (non-hydrogen) atoms. The molecule has 0 spiro atoms. The Morgan fingerprint density at radius 2 is 2.21 bits per heavy atom. The summed E-state index contributed by atoms with van der Waals surface area (Å²) in [6.07, 6.45) is 9.55. The fraction of sp³-hybridized carbons (Fsp3) is 0.812. The highest BCUT2D eigenvalue weighted by atomic mass is 15.1. The van der Waals surface area contributed by atoms with E-state index in [1.165, 1.54) is 31.4 Å². The Morgan fingerprint density at radius 1 is 1.42 bits per heavy atom. The van der Waals surface area contributed by atoms with Gasteiger partial charge in [0.15, 0.2) is 0 Å². The second-order valence-electron chi connectivity index (χ2n) is 6.69. The molecule has 2 N–H and O–H groups in total. The average molecular weight is 263 g/mol. The second kappa shape index (κ2) is 6.56. The fourth-order valence-electron chi connectivity index (χ4n) is 3.53. The lowest BCUT2D eigenvalue weighted by Gasteiger charge is -2.28. The molecule has 1 aliphatic carbocycles. The summed E-state index contributed by atoms with van der Waals surface area (Å²) in [4.78, 5) is 4.37. The van der Waals surface area contributed by atoms with Crippen LogP contribution in [0, 0.1) is 17.8 Å². The number of rotatable bonds is 5. The standard InChI is InChI=1S/C16H29N3/c1-12(2)15(8-17)16-9-18-11-19(16)10-14-6-4-5-13(3)7-14/h9,11-15H,4-8,10,17H2,1-3H3. The van der Waals surface area contributed by atoms with Crippen LogP contribution in [0.25, 0.3) is 0 Å². The molecule has 0 radical (unpaired) electrons. The summed E-state index contributed by atoms with van der Waals surface area (Å²) in [5.74, 6) is 2.72. The maximum Gasteiger partial charge on any atom is 0.0948 e. The molecule has 0 bridgehead atoms. The van der Waals surface area contributed by atoms with Crippen molar-refractivity contribution >= 4 is 0 Å². The van der Waals surface area contributed by atoms with Crippen molar-refractivity contribution in [2.24, 2.45) is 23.5 Å². The molecule has 0 amide bonds. The number of nitrogens with zero attached hydrogens (tertiary/aromatic N) is 2. The highest BCUT2D eigenvalue weighted by Gasteiger charge is 2.22. The van der Waals surface area contributed by atoms with Crippen molar-refractivity contribution in [2.75, 3.05) is 6.54 Å². The van der Waals surface area contributed by atoms with E-state index >= 15 is 0 Å². The van der Waals surface area contributed by atoms with Crippen molar-refractivity contribution in [3.63, 3.8) is 0 Å². The molecular weight excluding hydrogens is 234 g/mol. The number of hydrogen-bond acceptors (Lipinski definition) is 2. The lowest BCUT2D eigenvalue weighted by molar-refractivity contribution is 0.253. The Bertz CT molecular complexity index is 383. The Morgan fingerprint density at radius 3 is 2.84 bits per heavy atom. The summed E-state index contributed by atoms with van der Waals surface area (Å²) in [7, 11) is 0. The van der Waals surface area contributed by atoms with Crippen LogP contribution >= 0.6 is 0 Å². The van der Waals surface area contributed by atoms with Gasteiger partial charge in [-0.3, -0.25) is 0 Å². The molecule has 1 heterocycles. The van der Waals surface area contributed by atoms with Crippen LogP contribution in [-0.2, 0) is 6.54 Å². The van der Waals surface area contributed by atoms with Gasteiger partial charge in [0.1, 0.15) is 0 Å². The summed E-state index contributed by atoms with van der Waals surface area (Å²) >= 11 is 0. The molecule has 1 fully saturated rings. The van der Waals surface area contributed by atoms with Crippen LogP contribution in [0.5, 0.6) is 0 Å². The van der Waals surface area contributed by atoms with Crippen LogP contribution in [0.1, 0.15) is 58.1 Å². The minimum atomic E-state index is 0.434. The number of hydrogen-bond donors (Lipinski definition) is 1. The lowest BCUT2D eigenvalue weighted by Crippen LogP contribution is -2.24. The Kier molecular flexibility index (Phi) is 5.03. The minimum Gasteiger partial charge on any atom is -0.334 e. The van der Waals surface area contributed by atoms with Crippen LogP contribution in [0.3, 0.4) is 0 Å². The van der Waals surface area contributed by atoms with Gasteiger partial charge in [-0.05, 0) is 30.6 Å². The highest BCUT2D eigenvalue weighted by molar-refractivity contribution is 5.08. The van der Waals surface area contributed by atoms with Crippen LogP contribution in [-0.4, -0.2) is 16.1 Å². The van der Waals surface area contributed by atoms with Gasteiger partial charge in [-0.2, -0.15) is 0 Å². The second-order valence-corrected chi connectivity index (χ2v) is 6.69. The summed E-state index contributed by atoms with van der Waals surface area (Å²) in [6.45, 7) is 8.72. The van der Waals surface area contributed by atoms with Crippen LogP contribution in [0.15, 0.2) is 12.5 Å². The van der Waals surface area contributed by atoms with E-state index in [-0.39, 0.29) is 0 Å². The summed E-state index contributed by atoms with van der Waals surface area (Å²) in [5, 5.41) is 0. The van der Waals surface area contributed by atoms with Crippen LogP contribution in [0.4, 0.5) is 0 Å². The van der Waals surface area contributed by atoms with Gasteiger partial charge >= 0.3 is 0 Å². The van der Waals surface area contributed by atoms with Crippen molar-refractivity contribution in [1.29, 1.82) is 0 Å². The van der Waals surface area contributed by atoms with Crippen LogP contribution in [0.2, 0.25) is 0 Å². The van der Waals surface area contributed by atoms with Gasteiger partial charge in [-0.1, -0.05) is 33.6 Å². The number of imidazole rings is 1.